The van der Waals surface area contributed by atoms with Gasteiger partial charge >= 0.3 is 0 Å². The third kappa shape index (κ3) is 4.48. The lowest BCUT2D eigenvalue weighted by atomic mass is 10.1. The fourth-order valence-electron chi connectivity index (χ4n) is 2.83. The Hall–Kier alpha value is -2.09. The number of hydrogen-bond donors (Lipinski definition) is 0. The zero-order valence-corrected chi connectivity index (χ0v) is 18.6. The van der Waals surface area contributed by atoms with Crippen LogP contribution in [0.15, 0.2) is 47.4 Å². The van der Waals surface area contributed by atoms with Crippen molar-refractivity contribution in [2.75, 3.05) is 57.3 Å². The number of para-hydroxylation sites is 1. The van der Waals surface area contributed by atoms with Crippen LogP contribution in [0.2, 0.25) is 0 Å². The Bertz CT molecular complexity index is 951. The molecule has 5 nitrogen and oxygen atoms in total. The molecule has 0 saturated carbocycles. The molecule has 0 saturated heterocycles. The summed E-state index contributed by atoms with van der Waals surface area (Å²) >= 11 is 3.25. The maximum atomic E-state index is 13.3. The number of carbonyl (C=O) groups excluding carboxylic acids is 1. The Balaban J connectivity index is 1.97. The van der Waals surface area contributed by atoms with E-state index in [0.717, 1.165) is 32.5 Å². The van der Waals surface area contributed by atoms with Crippen molar-refractivity contribution in [2.24, 2.45) is 0 Å². The van der Waals surface area contributed by atoms with E-state index < -0.39 is 0 Å². The Kier molecular flexibility index (Phi) is 6.59. The summed E-state index contributed by atoms with van der Waals surface area (Å²) in [5.74, 6) is -0.0167. The van der Waals surface area contributed by atoms with Crippen LogP contribution in [0.1, 0.15) is 10.4 Å². The van der Waals surface area contributed by atoms with E-state index in [1.165, 1.54) is 0 Å². The summed E-state index contributed by atoms with van der Waals surface area (Å²) in [5.41, 5.74) is 2.72. The highest BCUT2D eigenvalue weighted by molar-refractivity contribution is 7.98. The van der Waals surface area contributed by atoms with Crippen molar-refractivity contribution in [2.45, 2.75) is 4.90 Å². The summed E-state index contributed by atoms with van der Waals surface area (Å²) in [6.45, 7) is 1.36. The number of aromatic nitrogens is 1. The second-order valence-corrected chi connectivity index (χ2v) is 8.86. The van der Waals surface area contributed by atoms with Gasteiger partial charge in [-0.1, -0.05) is 17.4 Å². The number of thioether (sulfide) groups is 1. The van der Waals surface area contributed by atoms with Gasteiger partial charge in [0.15, 0.2) is 5.13 Å². The summed E-state index contributed by atoms with van der Waals surface area (Å²) in [7, 11) is 8.01. The third-order valence-electron chi connectivity index (χ3n) is 4.47. The van der Waals surface area contributed by atoms with E-state index in [1.54, 1.807) is 28.0 Å². The van der Waals surface area contributed by atoms with E-state index in [9.17, 15) is 4.79 Å². The molecule has 1 heterocycles. The topological polar surface area (TPSA) is 39.7 Å². The van der Waals surface area contributed by atoms with Gasteiger partial charge in [0.25, 0.3) is 5.91 Å². The van der Waals surface area contributed by atoms with Crippen LogP contribution < -0.4 is 9.80 Å². The molecule has 0 aliphatic carbocycles. The first-order valence-corrected chi connectivity index (χ1v) is 11.1. The molecule has 1 amide bonds. The molecule has 3 rings (SSSR count). The molecule has 0 bridgehead atoms. The van der Waals surface area contributed by atoms with Gasteiger partial charge in [0, 0.05) is 43.3 Å². The maximum absolute atomic E-state index is 13.3. The normalized spacial score (nSPS) is 11.2. The summed E-state index contributed by atoms with van der Waals surface area (Å²) in [6.07, 6.45) is 2.05. The summed E-state index contributed by atoms with van der Waals surface area (Å²) in [5, 5.41) is 0.750. The molecule has 2 aromatic carbocycles. The quantitative estimate of drug-likeness (QED) is 0.539. The SMILES string of the molecule is CSc1cccc2sc(N(CCN(C)C)C(=O)c3ccc(N(C)C)cc3)nc12. The molecule has 0 aliphatic rings. The second-order valence-electron chi connectivity index (χ2n) is 7.00. The first kappa shape index (κ1) is 20.6. The van der Waals surface area contributed by atoms with Gasteiger partial charge in [-0.15, -0.1) is 11.8 Å². The summed E-state index contributed by atoms with van der Waals surface area (Å²) in [6, 6.07) is 13.9. The maximum Gasteiger partial charge on any atom is 0.260 e. The average Bonchev–Trinajstić information content (AvgIpc) is 3.11. The van der Waals surface area contributed by atoms with E-state index in [2.05, 4.69) is 23.3 Å². The number of thiazole rings is 1. The molecule has 0 radical (unpaired) electrons. The fourth-order valence-corrected chi connectivity index (χ4v) is 4.48. The van der Waals surface area contributed by atoms with Crippen molar-refractivity contribution in [3.8, 4) is 0 Å². The standard InChI is InChI=1S/C21H26N4OS2/c1-23(2)13-14-25(20(26)15-9-11-16(12-10-15)24(3)4)21-22-19-17(27-5)7-6-8-18(19)28-21/h6-12H,13-14H2,1-5H3. The largest absolute Gasteiger partial charge is 0.378 e. The van der Waals surface area contributed by atoms with E-state index in [0.29, 0.717) is 12.1 Å². The molecule has 0 fully saturated rings. The first-order chi connectivity index (χ1) is 13.4. The summed E-state index contributed by atoms with van der Waals surface area (Å²) < 4.78 is 1.10. The zero-order valence-electron chi connectivity index (χ0n) is 17.0. The first-order valence-electron chi connectivity index (χ1n) is 9.08. The van der Waals surface area contributed by atoms with Gasteiger partial charge in [-0.3, -0.25) is 9.69 Å². The monoisotopic (exact) mass is 414 g/mol. The molecule has 0 unspecified atom stereocenters. The molecule has 0 aliphatic heterocycles. The van der Waals surface area contributed by atoms with Gasteiger partial charge in [0.05, 0.1) is 10.2 Å². The minimum absolute atomic E-state index is 0.0167. The lowest BCUT2D eigenvalue weighted by molar-refractivity contribution is 0.0985. The van der Waals surface area contributed by atoms with E-state index in [1.807, 2.05) is 63.4 Å². The minimum atomic E-state index is -0.0167. The van der Waals surface area contributed by atoms with Crippen LogP contribution in [0, 0.1) is 0 Å². The molecule has 0 spiro atoms. The molecule has 0 N–H and O–H groups in total. The highest BCUT2D eigenvalue weighted by Crippen LogP contribution is 2.34. The number of carbonyl (C=O) groups is 1. The smallest absolute Gasteiger partial charge is 0.260 e. The molecule has 3 aromatic rings. The number of rotatable bonds is 7. The van der Waals surface area contributed by atoms with Crippen molar-refractivity contribution < 1.29 is 4.79 Å². The van der Waals surface area contributed by atoms with Crippen molar-refractivity contribution in [1.29, 1.82) is 0 Å². The van der Waals surface area contributed by atoms with Crippen molar-refractivity contribution >= 4 is 50.0 Å². The van der Waals surface area contributed by atoms with Crippen LogP contribution in [0.5, 0.6) is 0 Å². The second kappa shape index (κ2) is 8.94. The Morgan fingerprint density at radius 1 is 1.04 bits per heavy atom. The number of benzene rings is 2. The lowest BCUT2D eigenvalue weighted by Gasteiger charge is -2.22. The number of anilines is 2. The Labute approximate surface area is 175 Å². The van der Waals surface area contributed by atoms with Crippen LogP contribution >= 0.6 is 23.1 Å². The number of amides is 1. The van der Waals surface area contributed by atoms with Gasteiger partial charge in [-0.05, 0) is 56.7 Å². The van der Waals surface area contributed by atoms with E-state index >= 15 is 0 Å². The fraction of sp³-hybridized carbons (Fsp3) is 0.333. The number of fused-ring (bicyclic) bond motifs is 1. The van der Waals surface area contributed by atoms with Crippen molar-refractivity contribution in [1.82, 2.24) is 9.88 Å². The van der Waals surface area contributed by atoms with Crippen LogP contribution in [0.25, 0.3) is 10.2 Å². The molecule has 7 heteroatoms. The number of nitrogens with zero attached hydrogens (tertiary/aromatic N) is 4. The minimum Gasteiger partial charge on any atom is -0.378 e. The molecular weight excluding hydrogens is 388 g/mol. The van der Waals surface area contributed by atoms with Crippen LogP contribution in [0.3, 0.4) is 0 Å². The zero-order chi connectivity index (χ0) is 20.3. The lowest BCUT2D eigenvalue weighted by Crippen LogP contribution is -2.36. The van der Waals surface area contributed by atoms with E-state index in [-0.39, 0.29) is 5.91 Å². The molecule has 0 atom stereocenters. The van der Waals surface area contributed by atoms with Gasteiger partial charge in [-0.25, -0.2) is 4.98 Å². The molecular formula is C21H26N4OS2. The average molecular weight is 415 g/mol. The third-order valence-corrected chi connectivity index (χ3v) is 6.28. The van der Waals surface area contributed by atoms with Gasteiger partial charge in [0.1, 0.15) is 0 Å². The molecule has 1 aromatic heterocycles. The van der Waals surface area contributed by atoms with Gasteiger partial charge < -0.3 is 9.80 Å². The van der Waals surface area contributed by atoms with Gasteiger partial charge in [-0.2, -0.15) is 0 Å². The number of hydrogen-bond acceptors (Lipinski definition) is 6. The van der Waals surface area contributed by atoms with Crippen molar-refractivity contribution in [3.63, 3.8) is 0 Å². The highest BCUT2D eigenvalue weighted by atomic mass is 32.2. The molecule has 28 heavy (non-hydrogen) atoms. The van der Waals surface area contributed by atoms with Crippen LogP contribution in [0.4, 0.5) is 10.8 Å². The van der Waals surface area contributed by atoms with E-state index in [4.69, 9.17) is 4.98 Å². The van der Waals surface area contributed by atoms with Crippen LogP contribution in [-0.4, -0.2) is 63.3 Å². The Morgan fingerprint density at radius 2 is 1.75 bits per heavy atom. The summed E-state index contributed by atoms with van der Waals surface area (Å²) in [4.78, 5) is 25.2. The predicted molar refractivity (Wildman–Crippen MR) is 122 cm³/mol. The molecule has 148 valence electrons. The van der Waals surface area contributed by atoms with Crippen molar-refractivity contribution in [3.05, 3.63) is 48.0 Å². The Morgan fingerprint density at radius 3 is 2.36 bits per heavy atom. The predicted octanol–water partition coefficient (Wildman–Crippen LogP) is 4.29. The van der Waals surface area contributed by atoms with Gasteiger partial charge in [0.2, 0.25) is 0 Å². The van der Waals surface area contributed by atoms with Crippen LogP contribution in [-0.2, 0) is 0 Å². The highest BCUT2D eigenvalue weighted by Gasteiger charge is 2.22. The number of likely N-dealkylation sites (N-methyl/N-ethyl adjacent to an activating group) is 1.